The molecule has 3 rings (SSSR count). The monoisotopic (exact) mass is 300 g/mol. The number of halogens is 1. The average Bonchev–Trinajstić information content (AvgIpc) is 2.91. The average molecular weight is 301 g/mol. The van der Waals surface area contributed by atoms with Crippen LogP contribution in [0, 0.1) is 6.92 Å². The van der Waals surface area contributed by atoms with Crippen LogP contribution >= 0.6 is 11.6 Å². The van der Waals surface area contributed by atoms with E-state index in [1.54, 1.807) is 6.20 Å². The van der Waals surface area contributed by atoms with Gasteiger partial charge in [-0.15, -0.1) is 0 Å². The van der Waals surface area contributed by atoms with E-state index in [-0.39, 0.29) is 6.04 Å². The molecule has 2 aromatic heterocycles. The van der Waals surface area contributed by atoms with E-state index in [2.05, 4.69) is 42.3 Å². The van der Waals surface area contributed by atoms with Crippen molar-refractivity contribution >= 4 is 22.6 Å². The molecule has 3 aromatic rings. The molecule has 1 N–H and O–H groups in total. The number of nitrogens with zero attached hydrogens (tertiary/aromatic N) is 1. The van der Waals surface area contributed by atoms with Crippen LogP contribution in [0.5, 0.6) is 0 Å². The van der Waals surface area contributed by atoms with Gasteiger partial charge in [-0.3, -0.25) is 4.98 Å². The Morgan fingerprint density at radius 2 is 2.14 bits per heavy atom. The quantitative estimate of drug-likeness (QED) is 0.771. The normalized spacial score (nSPS) is 12.7. The summed E-state index contributed by atoms with van der Waals surface area (Å²) >= 11 is 5.92. The molecule has 108 valence electrons. The zero-order valence-corrected chi connectivity index (χ0v) is 12.8. The van der Waals surface area contributed by atoms with Crippen molar-refractivity contribution in [3.63, 3.8) is 0 Å². The summed E-state index contributed by atoms with van der Waals surface area (Å²) in [6.45, 7) is 4.94. The van der Waals surface area contributed by atoms with Crippen LogP contribution in [0.15, 0.2) is 47.0 Å². The number of aryl methyl sites for hydroxylation is 1. The van der Waals surface area contributed by atoms with E-state index in [4.69, 9.17) is 16.0 Å². The highest BCUT2D eigenvalue weighted by Crippen LogP contribution is 2.29. The molecule has 1 atom stereocenters. The molecule has 2 heterocycles. The second kappa shape index (κ2) is 5.88. The summed E-state index contributed by atoms with van der Waals surface area (Å²) in [5.74, 6) is 0.871. The van der Waals surface area contributed by atoms with Gasteiger partial charge in [0.05, 0.1) is 10.7 Å². The maximum atomic E-state index is 6.06. The number of aromatic nitrogens is 1. The lowest BCUT2D eigenvalue weighted by Gasteiger charge is -2.14. The predicted octanol–water partition coefficient (Wildman–Crippen LogP) is 4.49. The molecule has 0 aliphatic rings. The van der Waals surface area contributed by atoms with Crippen LogP contribution < -0.4 is 5.32 Å². The van der Waals surface area contributed by atoms with E-state index >= 15 is 0 Å². The second-order valence-electron chi connectivity index (χ2n) is 5.03. The summed E-state index contributed by atoms with van der Waals surface area (Å²) in [6, 6.07) is 11.9. The minimum Gasteiger partial charge on any atom is -0.459 e. The van der Waals surface area contributed by atoms with Crippen molar-refractivity contribution in [2.45, 2.75) is 19.9 Å². The van der Waals surface area contributed by atoms with Crippen LogP contribution in [0.4, 0.5) is 0 Å². The molecule has 1 unspecified atom stereocenters. The summed E-state index contributed by atoms with van der Waals surface area (Å²) in [4.78, 5) is 4.41. The van der Waals surface area contributed by atoms with Gasteiger partial charge in [-0.25, -0.2) is 0 Å². The molecule has 0 saturated carbocycles. The van der Waals surface area contributed by atoms with E-state index in [0.717, 1.165) is 34.5 Å². The smallest absolute Gasteiger partial charge is 0.137 e. The molecule has 0 bridgehead atoms. The molecular formula is C17H17ClN2O. The summed E-state index contributed by atoms with van der Waals surface area (Å²) in [7, 11) is 0. The molecule has 0 saturated heterocycles. The lowest BCUT2D eigenvalue weighted by molar-refractivity contribution is 0.470. The fourth-order valence-electron chi connectivity index (χ4n) is 2.48. The maximum absolute atomic E-state index is 6.06. The molecule has 21 heavy (non-hydrogen) atoms. The summed E-state index contributed by atoms with van der Waals surface area (Å²) < 4.78 is 6.06. The van der Waals surface area contributed by atoms with Gasteiger partial charge in [0.1, 0.15) is 17.4 Å². The first-order chi connectivity index (χ1) is 10.2. The summed E-state index contributed by atoms with van der Waals surface area (Å²) in [6.07, 6.45) is 1.66. The molecule has 1 aromatic carbocycles. The van der Waals surface area contributed by atoms with E-state index < -0.39 is 0 Å². The number of hydrogen-bond acceptors (Lipinski definition) is 3. The van der Waals surface area contributed by atoms with Crippen molar-refractivity contribution in [3.8, 4) is 0 Å². The Morgan fingerprint density at radius 3 is 2.81 bits per heavy atom. The van der Waals surface area contributed by atoms with Crippen LogP contribution in [-0.4, -0.2) is 11.5 Å². The lowest BCUT2D eigenvalue weighted by atomic mass is 10.1. The Kier molecular flexibility index (Phi) is 3.95. The van der Waals surface area contributed by atoms with Gasteiger partial charge in [0.25, 0.3) is 0 Å². The van der Waals surface area contributed by atoms with E-state index in [1.807, 2.05) is 18.2 Å². The van der Waals surface area contributed by atoms with Crippen molar-refractivity contribution in [1.29, 1.82) is 0 Å². The fraction of sp³-hybridized carbons (Fsp3) is 0.235. The first-order valence-corrected chi connectivity index (χ1v) is 7.40. The van der Waals surface area contributed by atoms with Crippen LogP contribution in [-0.2, 0) is 0 Å². The van der Waals surface area contributed by atoms with Crippen LogP contribution in [0.1, 0.15) is 30.0 Å². The molecule has 0 fully saturated rings. The molecular weight excluding hydrogens is 284 g/mol. The van der Waals surface area contributed by atoms with Crippen molar-refractivity contribution in [1.82, 2.24) is 10.3 Å². The van der Waals surface area contributed by atoms with Gasteiger partial charge in [-0.2, -0.15) is 0 Å². The molecule has 0 aliphatic heterocycles. The zero-order chi connectivity index (χ0) is 14.8. The number of benzene rings is 1. The number of nitrogens with one attached hydrogen (secondary N) is 1. The third kappa shape index (κ3) is 2.80. The first-order valence-electron chi connectivity index (χ1n) is 7.03. The Bertz CT molecular complexity index is 749. The van der Waals surface area contributed by atoms with Gasteiger partial charge < -0.3 is 9.73 Å². The summed E-state index contributed by atoms with van der Waals surface area (Å²) in [5, 5.41) is 5.16. The van der Waals surface area contributed by atoms with Crippen molar-refractivity contribution in [2.75, 3.05) is 6.54 Å². The number of furan rings is 1. The summed E-state index contributed by atoms with van der Waals surface area (Å²) in [5.41, 5.74) is 2.97. The molecule has 3 nitrogen and oxygen atoms in total. The van der Waals surface area contributed by atoms with Gasteiger partial charge in [0, 0.05) is 11.6 Å². The highest BCUT2D eigenvalue weighted by Gasteiger charge is 2.19. The van der Waals surface area contributed by atoms with Crippen molar-refractivity contribution in [2.24, 2.45) is 0 Å². The van der Waals surface area contributed by atoms with Crippen molar-refractivity contribution in [3.05, 3.63) is 64.6 Å². The van der Waals surface area contributed by atoms with Gasteiger partial charge in [0.2, 0.25) is 0 Å². The van der Waals surface area contributed by atoms with Crippen LogP contribution in [0.25, 0.3) is 11.0 Å². The topological polar surface area (TPSA) is 38.1 Å². The third-order valence-electron chi connectivity index (χ3n) is 3.50. The van der Waals surface area contributed by atoms with Gasteiger partial charge in [0.15, 0.2) is 0 Å². The predicted molar refractivity (Wildman–Crippen MR) is 85.7 cm³/mol. The molecule has 0 amide bonds. The lowest BCUT2D eigenvalue weighted by Crippen LogP contribution is -2.22. The first kappa shape index (κ1) is 14.1. The zero-order valence-electron chi connectivity index (χ0n) is 12.1. The molecule has 4 heteroatoms. The van der Waals surface area contributed by atoms with E-state index in [1.165, 1.54) is 0 Å². The van der Waals surface area contributed by atoms with E-state index in [0.29, 0.717) is 5.02 Å². The maximum Gasteiger partial charge on any atom is 0.137 e. The highest BCUT2D eigenvalue weighted by molar-refractivity contribution is 6.30. The SMILES string of the molecule is CCNC(c1ccc(Cl)cn1)c1cc2cccc(C)c2o1. The Labute approximate surface area is 128 Å². The minimum absolute atomic E-state index is 0.0703. The van der Waals surface area contributed by atoms with Gasteiger partial charge in [-0.1, -0.05) is 36.7 Å². The Balaban J connectivity index is 2.06. The number of rotatable bonds is 4. The van der Waals surface area contributed by atoms with Gasteiger partial charge in [-0.05, 0) is 37.2 Å². The van der Waals surface area contributed by atoms with Gasteiger partial charge >= 0.3 is 0 Å². The largest absolute Gasteiger partial charge is 0.459 e. The molecule has 0 spiro atoms. The van der Waals surface area contributed by atoms with Crippen LogP contribution in [0.3, 0.4) is 0 Å². The standard InChI is InChI=1S/C17H17ClN2O/c1-3-19-16(14-8-7-13(18)10-20-14)15-9-12-6-4-5-11(2)17(12)21-15/h4-10,16,19H,3H2,1-2H3. The van der Waals surface area contributed by atoms with E-state index in [9.17, 15) is 0 Å². The number of pyridine rings is 1. The van der Waals surface area contributed by atoms with Crippen LogP contribution in [0.2, 0.25) is 5.02 Å². The Morgan fingerprint density at radius 1 is 1.29 bits per heavy atom. The fourth-order valence-corrected chi connectivity index (χ4v) is 2.60. The third-order valence-corrected chi connectivity index (χ3v) is 3.72. The minimum atomic E-state index is -0.0703. The highest BCUT2D eigenvalue weighted by atomic mass is 35.5. The van der Waals surface area contributed by atoms with Crippen molar-refractivity contribution < 1.29 is 4.42 Å². The molecule has 0 aliphatic carbocycles. The molecule has 0 radical (unpaired) electrons. The number of hydrogen-bond donors (Lipinski definition) is 1. The Hall–Kier alpha value is -1.84. The second-order valence-corrected chi connectivity index (χ2v) is 5.47. The number of para-hydroxylation sites is 1. The number of fused-ring (bicyclic) bond motifs is 1.